The van der Waals surface area contributed by atoms with E-state index in [1.54, 1.807) is 7.11 Å². The summed E-state index contributed by atoms with van der Waals surface area (Å²) in [5, 5.41) is 14.8. The molecule has 3 rings (SSSR count). The van der Waals surface area contributed by atoms with Gasteiger partial charge in [0.15, 0.2) is 0 Å². The lowest BCUT2D eigenvalue weighted by Gasteiger charge is -2.22. The summed E-state index contributed by atoms with van der Waals surface area (Å²) in [6.07, 6.45) is 0.264. The number of aliphatic carboxylic acids is 1. The van der Waals surface area contributed by atoms with Crippen molar-refractivity contribution in [1.82, 2.24) is 5.01 Å². The first-order valence-corrected chi connectivity index (χ1v) is 9.28. The van der Waals surface area contributed by atoms with Gasteiger partial charge in [0, 0.05) is 17.3 Å². The number of hydrogen-bond donors (Lipinski definition) is 1. The van der Waals surface area contributed by atoms with E-state index in [4.69, 9.17) is 9.84 Å². The summed E-state index contributed by atoms with van der Waals surface area (Å²) in [5.74, 6) is -0.569. The third-order valence-electron chi connectivity index (χ3n) is 4.40. The summed E-state index contributed by atoms with van der Waals surface area (Å²) in [6.45, 7) is 0. The van der Waals surface area contributed by atoms with E-state index in [2.05, 4.69) is 21.0 Å². The minimum Gasteiger partial charge on any atom is -0.497 e. The van der Waals surface area contributed by atoms with Crippen LogP contribution in [-0.2, 0) is 9.59 Å². The summed E-state index contributed by atoms with van der Waals surface area (Å²) < 4.78 is 6.16. The van der Waals surface area contributed by atoms with Crippen molar-refractivity contribution in [2.75, 3.05) is 7.11 Å². The van der Waals surface area contributed by atoms with Crippen LogP contribution < -0.4 is 4.74 Å². The number of nitrogens with zero attached hydrogens (tertiary/aromatic N) is 2. The maximum absolute atomic E-state index is 12.6. The fourth-order valence-electron chi connectivity index (χ4n) is 2.97. The van der Waals surface area contributed by atoms with Crippen molar-refractivity contribution in [2.45, 2.75) is 25.3 Å². The number of methoxy groups -OCH3 is 1. The van der Waals surface area contributed by atoms with E-state index < -0.39 is 5.97 Å². The molecule has 1 heterocycles. The summed E-state index contributed by atoms with van der Waals surface area (Å²) in [7, 11) is 1.60. The Kier molecular flexibility index (Phi) is 5.91. The molecule has 0 unspecified atom stereocenters. The predicted octanol–water partition coefficient (Wildman–Crippen LogP) is 4.00. The Morgan fingerprint density at radius 3 is 2.41 bits per heavy atom. The molecule has 6 nitrogen and oxygen atoms in total. The Morgan fingerprint density at radius 1 is 1.15 bits per heavy atom. The van der Waals surface area contributed by atoms with E-state index in [-0.39, 0.29) is 24.8 Å². The summed E-state index contributed by atoms with van der Waals surface area (Å²) in [6, 6.07) is 15.0. The van der Waals surface area contributed by atoms with Gasteiger partial charge in [-0.15, -0.1) is 0 Å². The van der Waals surface area contributed by atoms with Crippen LogP contribution in [0.4, 0.5) is 0 Å². The van der Waals surface area contributed by atoms with Gasteiger partial charge in [-0.25, -0.2) is 5.01 Å². The summed E-state index contributed by atoms with van der Waals surface area (Å²) >= 11 is 3.41. The molecular weight excluding hydrogens is 412 g/mol. The molecule has 140 valence electrons. The molecule has 0 aliphatic carbocycles. The lowest BCUT2D eigenvalue weighted by molar-refractivity contribution is -0.141. The number of carboxylic acid groups (broad SMARTS) is 1. The number of carbonyl (C=O) groups is 2. The highest BCUT2D eigenvalue weighted by Gasteiger charge is 2.33. The highest BCUT2D eigenvalue weighted by atomic mass is 79.9. The molecule has 27 heavy (non-hydrogen) atoms. The normalized spacial score (nSPS) is 16.1. The molecule has 1 aliphatic heterocycles. The molecule has 1 atom stereocenters. The van der Waals surface area contributed by atoms with Crippen molar-refractivity contribution in [1.29, 1.82) is 0 Å². The molecule has 1 aliphatic rings. The van der Waals surface area contributed by atoms with Gasteiger partial charge >= 0.3 is 5.97 Å². The van der Waals surface area contributed by atoms with Gasteiger partial charge in [0.25, 0.3) is 0 Å². The SMILES string of the molecule is COc1ccc([C@@H]2CC(c3ccc(Br)cc3)=NN2C(=O)CCC(=O)O)cc1. The van der Waals surface area contributed by atoms with E-state index in [1.165, 1.54) is 5.01 Å². The zero-order chi connectivity index (χ0) is 19.4. The van der Waals surface area contributed by atoms with Gasteiger partial charge in [0.1, 0.15) is 5.75 Å². The highest BCUT2D eigenvalue weighted by molar-refractivity contribution is 9.10. The fraction of sp³-hybridized carbons (Fsp3) is 0.250. The summed E-state index contributed by atoms with van der Waals surface area (Å²) in [5.41, 5.74) is 2.66. The van der Waals surface area contributed by atoms with Gasteiger partial charge in [-0.05, 0) is 35.4 Å². The third kappa shape index (κ3) is 4.54. The molecule has 7 heteroatoms. The van der Waals surface area contributed by atoms with Gasteiger partial charge in [0.2, 0.25) is 5.91 Å². The molecule has 0 radical (unpaired) electrons. The molecule has 2 aromatic rings. The van der Waals surface area contributed by atoms with Crippen molar-refractivity contribution in [3.63, 3.8) is 0 Å². The second-order valence-electron chi connectivity index (χ2n) is 6.18. The van der Waals surface area contributed by atoms with Crippen LogP contribution in [-0.4, -0.2) is 34.8 Å². The Hall–Kier alpha value is -2.67. The molecule has 1 N–H and O–H groups in total. The number of ether oxygens (including phenoxy) is 1. The van der Waals surface area contributed by atoms with Gasteiger partial charge in [-0.3, -0.25) is 9.59 Å². The summed E-state index contributed by atoms with van der Waals surface area (Å²) in [4.78, 5) is 23.4. The predicted molar refractivity (Wildman–Crippen MR) is 105 cm³/mol. The topological polar surface area (TPSA) is 79.2 Å². The lowest BCUT2D eigenvalue weighted by Crippen LogP contribution is -2.27. The highest BCUT2D eigenvalue weighted by Crippen LogP contribution is 2.34. The van der Waals surface area contributed by atoms with E-state index in [0.717, 1.165) is 27.1 Å². The Labute approximate surface area is 165 Å². The lowest BCUT2D eigenvalue weighted by atomic mass is 9.98. The molecule has 0 saturated heterocycles. The number of carbonyl (C=O) groups excluding carboxylic acids is 1. The van der Waals surface area contributed by atoms with Gasteiger partial charge < -0.3 is 9.84 Å². The standard InChI is InChI=1S/C20H19BrN2O4/c1-27-16-8-4-14(5-9-16)18-12-17(13-2-6-15(21)7-3-13)22-23(18)19(24)10-11-20(25)26/h2-9,18H,10-12H2,1H3,(H,25,26)/t18-/m0/s1. The second kappa shape index (κ2) is 8.35. The molecular formula is C20H19BrN2O4. The van der Waals surface area contributed by atoms with Crippen LogP contribution >= 0.6 is 15.9 Å². The number of hydrogen-bond acceptors (Lipinski definition) is 4. The van der Waals surface area contributed by atoms with Crippen LogP contribution in [0.15, 0.2) is 58.1 Å². The first-order chi connectivity index (χ1) is 13.0. The van der Waals surface area contributed by atoms with Crippen LogP contribution in [0.1, 0.15) is 36.4 Å². The monoisotopic (exact) mass is 430 g/mol. The minimum absolute atomic E-state index is 0.0842. The van der Waals surface area contributed by atoms with Crippen molar-refractivity contribution in [2.24, 2.45) is 5.10 Å². The average Bonchev–Trinajstić information content (AvgIpc) is 3.12. The van der Waals surface area contributed by atoms with E-state index >= 15 is 0 Å². The van der Waals surface area contributed by atoms with Crippen LogP contribution in [0, 0.1) is 0 Å². The van der Waals surface area contributed by atoms with Crippen molar-refractivity contribution in [3.05, 3.63) is 64.1 Å². The number of rotatable bonds is 6. The van der Waals surface area contributed by atoms with E-state index in [0.29, 0.717) is 6.42 Å². The number of carboxylic acids is 1. The third-order valence-corrected chi connectivity index (χ3v) is 4.93. The van der Waals surface area contributed by atoms with E-state index in [9.17, 15) is 9.59 Å². The molecule has 0 saturated carbocycles. The molecule has 0 aromatic heterocycles. The Bertz CT molecular complexity index is 863. The first kappa shape index (κ1) is 19.1. The Balaban J connectivity index is 1.89. The maximum Gasteiger partial charge on any atom is 0.303 e. The first-order valence-electron chi connectivity index (χ1n) is 8.49. The number of benzene rings is 2. The van der Waals surface area contributed by atoms with Gasteiger partial charge in [-0.2, -0.15) is 5.10 Å². The Morgan fingerprint density at radius 2 is 1.81 bits per heavy atom. The quantitative estimate of drug-likeness (QED) is 0.750. The molecule has 2 aromatic carbocycles. The van der Waals surface area contributed by atoms with Gasteiger partial charge in [-0.1, -0.05) is 40.2 Å². The zero-order valence-electron chi connectivity index (χ0n) is 14.8. The van der Waals surface area contributed by atoms with Crippen LogP contribution in [0.5, 0.6) is 5.75 Å². The van der Waals surface area contributed by atoms with Gasteiger partial charge in [0.05, 0.1) is 25.3 Å². The average molecular weight is 431 g/mol. The number of hydrazone groups is 1. The zero-order valence-corrected chi connectivity index (χ0v) is 16.3. The number of amides is 1. The smallest absolute Gasteiger partial charge is 0.303 e. The van der Waals surface area contributed by atoms with Crippen molar-refractivity contribution >= 4 is 33.5 Å². The molecule has 1 amide bonds. The molecule has 0 spiro atoms. The second-order valence-corrected chi connectivity index (χ2v) is 7.09. The van der Waals surface area contributed by atoms with E-state index in [1.807, 2.05) is 48.5 Å². The fourth-order valence-corrected chi connectivity index (χ4v) is 3.24. The molecule has 0 bridgehead atoms. The van der Waals surface area contributed by atoms with Crippen molar-refractivity contribution in [3.8, 4) is 5.75 Å². The molecule has 0 fully saturated rings. The van der Waals surface area contributed by atoms with Crippen LogP contribution in [0.3, 0.4) is 0 Å². The van der Waals surface area contributed by atoms with Crippen LogP contribution in [0.25, 0.3) is 0 Å². The van der Waals surface area contributed by atoms with Crippen molar-refractivity contribution < 1.29 is 19.4 Å². The largest absolute Gasteiger partial charge is 0.497 e. The number of halogens is 1. The minimum atomic E-state index is -0.999. The maximum atomic E-state index is 12.6. The van der Waals surface area contributed by atoms with Crippen LogP contribution in [0.2, 0.25) is 0 Å².